The number of nitrogens with zero attached hydrogens (tertiary/aromatic N) is 1. The van der Waals surface area contributed by atoms with Crippen molar-refractivity contribution >= 4 is 21.6 Å². The maximum Gasteiger partial charge on any atom is 0.244 e. The Morgan fingerprint density at radius 2 is 2.12 bits per heavy atom. The molecule has 0 bridgehead atoms. The molecule has 2 rings (SSSR count). The molecule has 0 unspecified atom stereocenters. The standard InChI is InChI=1S/C9H14ClN3O2S/c1-6-8(7(2)12-11-6)16(14,15)13-9(5-10)3-4-9/h13H,3-5H2,1-2H3,(H,11,12). The predicted molar refractivity (Wildman–Crippen MR) is 61.1 cm³/mol. The van der Waals surface area contributed by atoms with Crippen LogP contribution in [-0.2, 0) is 10.0 Å². The van der Waals surface area contributed by atoms with Crippen LogP contribution in [-0.4, -0.2) is 30.0 Å². The maximum atomic E-state index is 12.1. The molecule has 0 aromatic carbocycles. The minimum absolute atomic E-state index is 0.240. The molecule has 7 heteroatoms. The van der Waals surface area contributed by atoms with Crippen molar-refractivity contribution in [3.05, 3.63) is 11.4 Å². The third-order valence-corrected chi connectivity index (χ3v) is 5.14. The van der Waals surface area contributed by atoms with Gasteiger partial charge < -0.3 is 0 Å². The minimum atomic E-state index is -3.51. The molecule has 0 aliphatic heterocycles. The summed E-state index contributed by atoms with van der Waals surface area (Å²) in [4.78, 5) is 0.240. The highest BCUT2D eigenvalue weighted by Gasteiger charge is 2.46. The van der Waals surface area contributed by atoms with Crippen molar-refractivity contribution < 1.29 is 8.42 Å². The van der Waals surface area contributed by atoms with Crippen LogP contribution in [0.25, 0.3) is 0 Å². The van der Waals surface area contributed by atoms with Gasteiger partial charge in [0.25, 0.3) is 0 Å². The first-order valence-corrected chi connectivity index (χ1v) is 7.03. The van der Waals surface area contributed by atoms with Crippen molar-refractivity contribution in [2.75, 3.05) is 5.88 Å². The first-order chi connectivity index (χ1) is 7.40. The van der Waals surface area contributed by atoms with Gasteiger partial charge in [-0.1, -0.05) is 0 Å². The van der Waals surface area contributed by atoms with Crippen LogP contribution in [0.3, 0.4) is 0 Å². The summed E-state index contributed by atoms with van der Waals surface area (Å²) in [5.74, 6) is 0.308. The number of rotatable bonds is 4. The van der Waals surface area contributed by atoms with E-state index in [9.17, 15) is 8.42 Å². The molecule has 1 aliphatic rings. The van der Waals surface area contributed by atoms with E-state index in [-0.39, 0.29) is 4.90 Å². The summed E-state index contributed by atoms with van der Waals surface area (Å²) in [5, 5.41) is 6.55. The number of aromatic amines is 1. The van der Waals surface area contributed by atoms with Crippen LogP contribution >= 0.6 is 11.6 Å². The molecule has 1 aromatic heterocycles. The summed E-state index contributed by atoms with van der Waals surface area (Å²) < 4.78 is 26.9. The largest absolute Gasteiger partial charge is 0.281 e. The quantitative estimate of drug-likeness (QED) is 0.798. The Bertz CT molecular complexity index is 485. The molecule has 1 fully saturated rings. The molecule has 1 aromatic rings. The van der Waals surface area contributed by atoms with Crippen LogP contribution < -0.4 is 4.72 Å². The second-order valence-corrected chi connectivity index (χ2v) is 6.17. The van der Waals surface area contributed by atoms with Gasteiger partial charge in [-0.2, -0.15) is 5.10 Å². The zero-order valence-corrected chi connectivity index (χ0v) is 10.7. The van der Waals surface area contributed by atoms with Crippen LogP contribution in [0.4, 0.5) is 0 Å². The summed E-state index contributed by atoms with van der Waals surface area (Å²) in [5.41, 5.74) is 0.599. The summed E-state index contributed by atoms with van der Waals surface area (Å²) in [6.07, 6.45) is 1.59. The SMILES string of the molecule is Cc1n[nH]c(C)c1S(=O)(=O)NC1(CCl)CC1. The van der Waals surface area contributed by atoms with Gasteiger partial charge in [-0.15, -0.1) is 11.6 Å². The molecule has 16 heavy (non-hydrogen) atoms. The fourth-order valence-electron chi connectivity index (χ4n) is 1.69. The minimum Gasteiger partial charge on any atom is -0.281 e. The van der Waals surface area contributed by atoms with Crippen molar-refractivity contribution in [2.24, 2.45) is 0 Å². The zero-order chi connectivity index (χ0) is 12.0. The summed E-state index contributed by atoms with van der Waals surface area (Å²) >= 11 is 5.75. The van der Waals surface area contributed by atoms with Crippen LogP contribution in [0.15, 0.2) is 4.90 Å². The van der Waals surface area contributed by atoms with Gasteiger partial charge in [-0.3, -0.25) is 5.10 Å². The average Bonchev–Trinajstić information content (AvgIpc) is 2.86. The molecule has 0 spiro atoms. The zero-order valence-electron chi connectivity index (χ0n) is 9.17. The van der Waals surface area contributed by atoms with E-state index in [2.05, 4.69) is 14.9 Å². The molecular weight excluding hydrogens is 250 g/mol. The van der Waals surface area contributed by atoms with Crippen LogP contribution in [0.2, 0.25) is 0 Å². The molecule has 1 heterocycles. The topological polar surface area (TPSA) is 74.8 Å². The Balaban J connectivity index is 2.33. The van der Waals surface area contributed by atoms with E-state index in [0.717, 1.165) is 12.8 Å². The van der Waals surface area contributed by atoms with Gasteiger partial charge in [0.15, 0.2) is 0 Å². The number of halogens is 1. The fourth-order valence-corrected chi connectivity index (χ4v) is 3.93. The number of H-pyrrole nitrogens is 1. The highest BCUT2D eigenvalue weighted by atomic mass is 35.5. The van der Waals surface area contributed by atoms with Gasteiger partial charge in [0.05, 0.1) is 11.4 Å². The second-order valence-electron chi connectivity index (χ2n) is 4.28. The lowest BCUT2D eigenvalue weighted by molar-refractivity contribution is 0.558. The van der Waals surface area contributed by atoms with E-state index in [1.807, 2.05) is 0 Å². The molecule has 0 saturated heterocycles. The lowest BCUT2D eigenvalue weighted by Crippen LogP contribution is -2.38. The van der Waals surface area contributed by atoms with Crippen LogP contribution in [0, 0.1) is 13.8 Å². The van der Waals surface area contributed by atoms with Gasteiger partial charge in [-0.05, 0) is 26.7 Å². The second kappa shape index (κ2) is 3.72. The van der Waals surface area contributed by atoms with E-state index in [4.69, 9.17) is 11.6 Å². The van der Waals surface area contributed by atoms with Crippen LogP contribution in [0.1, 0.15) is 24.2 Å². The Morgan fingerprint density at radius 3 is 2.50 bits per heavy atom. The normalized spacial score (nSPS) is 18.7. The fraction of sp³-hybridized carbons (Fsp3) is 0.667. The van der Waals surface area contributed by atoms with E-state index in [0.29, 0.717) is 17.3 Å². The Kier molecular flexibility index (Phi) is 2.76. The lowest BCUT2D eigenvalue weighted by atomic mass is 10.4. The average molecular weight is 264 g/mol. The molecule has 1 saturated carbocycles. The van der Waals surface area contributed by atoms with E-state index < -0.39 is 15.6 Å². The first kappa shape index (κ1) is 11.9. The third kappa shape index (κ3) is 1.97. The molecule has 2 N–H and O–H groups in total. The van der Waals surface area contributed by atoms with E-state index in [1.54, 1.807) is 13.8 Å². The van der Waals surface area contributed by atoms with Crippen molar-refractivity contribution in [3.8, 4) is 0 Å². The van der Waals surface area contributed by atoms with Gasteiger partial charge in [0.1, 0.15) is 4.90 Å². The highest BCUT2D eigenvalue weighted by molar-refractivity contribution is 7.89. The molecular formula is C9H14ClN3O2S. The van der Waals surface area contributed by atoms with Crippen molar-refractivity contribution in [3.63, 3.8) is 0 Å². The lowest BCUT2D eigenvalue weighted by Gasteiger charge is -2.14. The Hall–Kier alpha value is -0.590. The highest BCUT2D eigenvalue weighted by Crippen LogP contribution is 2.38. The summed E-state index contributed by atoms with van der Waals surface area (Å²) in [6, 6.07) is 0. The molecule has 5 nitrogen and oxygen atoms in total. The number of aryl methyl sites for hydroxylation is 2. The molecule has 0 amide bonds. The Labute approximate surface area is 99.6 Å². The van der Waals surface area contributed by atoms with Crippen molar-refractivity contribution in [1.29, 1.82) is 0 Å². The smallest absolute Gasteiger partial charge is 0.244 e. The molecule has 90 valence electrons. The van der Waals surface area contributed by atoms with Gasteiger partial charge in [-0.25, -0.2) is 13.1 Å². The first-order valence-electron chi connectivity index (χ1n) is 5.02. The third-order valence-electron chi connectivity index (χ3n) is 2.79. The number of nitrogens with one attached hydrogen (secondary N) is 2. The number of alkyl halides is 1. The van der Waals surface area contributed by atoms with E-state index >= 15 is 0 Å². The number of hydrogen-bond acceptors (Lipinski definition) is 3. The number of hydrogen-bond donors (Lipinski definition) is 2. The molecule has 1 aliphatic carbocycles. The van der Waals surface area contributed by atoms with E-state index in [1.165, 1.54) is 0 Å². The Morgan fingerprint density at radius 1 is 1.50 bits per heavy atom. The van der Waals surface area contributed by atoms with Gasteiger partial charge >= 0.3 is 0 Å². The predicted octanol–water partition coefficient (Wildman–Crippen LogP) is 1.08. The monoisotopic (exact) mass is 263 g/mol. The van der Waals surface area contributed by atoms with Crippen LogP contribution in [0.5, 0.6) is 0 Å². The van der Waals surface area contributed by atoms with Crippen molar-refractivity contribution in [1.82, 2.24) is 14.9 Å². The van der Waals surface area contributed by atoms with Gasteiger partial charge in [0, 0.05) is 11.4 Å². The van der Waals surface area contributed by atoms with Crippen molar-refractivity contribution in [2.45, 2.75) is 37.1 Å². The number of sulfonamides is 1. The summed E-state index contributed by atoms with van der Waals surface area (Å²) in [6.45, 7) is 3.35. The molecule has 0 atom stereocenters. The molecule has 0 radical (unpaired) electrons. The maximum absolute atomic E-state index is 12.1. The summed E-state index contributed by atoms with van der Waals surface area (Å²) in [7, 11) is -3.51. The number of aromatic nitrogens is 2. The van der Waals surface area contributed by atoms with Gasteiger partial charge in [0.2, 0.25) is 10.0 Å².